The number of carbonyl (C=O) groups is 1. The molecule has 0 fully saturated rings. The highest BCUT2D eigenvalue weighted by atomic mass is 79.9. The lowest BCUT2D eigenvalue weighted by atomic mass is 9.97. The number of thiophene rings is 1. The van der Waals surface area contributed by atoms with Crippen molar-refractivity contribution in [2.45, 2.75) is 30.8 Å². The van der Waals surface area contributed by atoms with Crippen LogP contribution in [0.1, 0.15) is 33.6 Å². The summed E-state index contributed by atoms with van der Waals surface area (Å²) < 4.78 is 0.754. The van der Waals surface area contributed by atoms with Crippen LogP contribution in [0, 0.1) is 0 Å². The lowest BCUT2D eigenvalue weighted by molar-refractivity contribution is 0.0962. The number of aromatic nitrogens is 2. The molecule has 8 heteroatoms. The number of amides is 1. The number of hydrazine groups is 1. The van der Waals surface area contributed by atoms with Gasteiger partial charge in [0, 0.05) is 9.35 Å². The van der Waals surface area contributed by atoms with Gasteiger partial charge in [-0.2, -0.15) is 0 Å². The number of nitrogens with zero attached hydrogens (tertiary/aromatic N) is 2. The Balaban J connectivity index is 1.68. The molecule has 134 valence electrons. The topological polar surface area (TPSA) is 66.9 Å². The summed E-state index contributed by atoms with van der Waals surface area (Å²) >= 11 is 6.67. The number of hydrogen-bond donors (Lipinski definition) is 2. The number of thioether (sulfide) groups is 1. The molecule has 1 aliphatic carbocycles. The number of hydrogen-bond acceptors (Lipinski definition) is 6. The van der Waals surface area contributed by atoms with E-state index in [9.17, 15) is 4.79 Å². The average molecular weight is 449 g/mol. The first-order valence-corrected chi connectivity index (χ1v) is 11.2. The highest BCUT2D eigenvalue weighted by Crippen LogP contribution is 2.39. The maximum absolute atomic E-state index is 12.5. The summed E-state index contributed by atoms with van der Waals surface area (Å²) in [7, 11) is 0. The van der Waals surface area contributed by atoms with Crippen LogP contribution in [-0.4, -0.2) is 22.1 Å². The monoisotopic (exact) mass is 448 g/mol. The van der Waals surface area contributed by atoms with Crippen molar-refractivity contribution in [1.29, 1.82) is 0 Å². The molecule has 0 aliphatic heterocycles. The van der Waals surface area contributed by atoms with E-state index in [1.54, 1.807) is 17.4 Å². The molecule has 2 heterocycles. The van der Waals surface area contributed by atoms with Crippen molar-refractivity contribution >= 4 is 61.0 Å². The predicted molar refractivity (Wildman–Crippen MR) is 111 cm³/mol. The molecule has 1 aromatic carbocycles. The summed E-state index contributed by atoms with van der Waals surface area (Å²) in [5.74, 6) is 0.471. The molecule has 1 amide bonds. The largest absolute Gasteiger partial charge is 0.281 e. The number of benzene rings is 1. The van der Waals surface area contributed by atoms with Gasteiger partial charge in [-0.1, -0.05) is 23.9 Å². The van der Waals surface area contributed by atoms with Crippen LogP contribution in [0.4, 0.5) is 5.82 Å². The number of carbonyl (C=O) groups excluding carboxylic acids is 1. The molecular formula is C18H17BrN4OS2. The molecule has 0 saturated carbocycles. The molecule has 2 N–H and O–H groups in total. The third-order valence-electron chi connectivity index (χ3n) is 4.39. The van der Waals surface area contributed by atoms with Crippen molar-refractivity contribution in [2.24, 2.45) is 0 Å². The SMILES string of the molecule is CSc1nc(NNC(=O)c2ccccc2Br)c2c3c(sc2n1)CCCC3. The van der Waals surface area contributed by atoms with Crippen LogP contribution >= 0.6 is 39.0 Å². The van der Waals surface area contributed by atoms with E-state index in [0.29, 0.717) is 16.5 Å². The van der Waals surface area contributed by atoms with E-state index >= 15 is 0 Å². The van der Waals surface area contributed by atoms with Gasteiger partial charge in [0.2, 0.25) is 0 Å². The lowest BCUT2D eigenvalue weighted by Gasteiger charge is -2.14. The van der Waals surface area contributed by atoms with Crippen molar-refractivity contribution in [3.05, 3.63) is 44.7 Å². The van der Waals surface area contributed by atoms with Crippen LogP contribution in [0.3, 0.4) is 0 Å². The fourth-order valence-corrected chi connectivity index (χ4v) is 5.30. The molecule has 0 unspecified atom stereocenters. The van der Waals surface area contributed by atoms with Gasteiger partial charge in [0.15, 0.2) is 11.0 Å². The maximum atomic E-state index is 12.5. The number of anilines is 1. The van der Waals surface area contributed by atoms with E-state index < -0.39 is 0 Å². The molecule has 0 saturated heterocycles. The Morgan fingerprint density at radius 1 is 1.23 bits per heavy atom. The van der Waals surface area contributed by atoms with E-state index in [4.69, 9.17) is 0 Å². The average Bonchev–Trinajstić information content (AvgIpc) is 3.04. The number of nitrogens with one attached hydrogen (secondary N) is 2. The first kappa shape index (κ1) is 17.8. The van der Waals surface area contributed by atoms with Crippen LogP contribution in [0.5, 0.6) is 0 Å². The number of rotatable bonds is 4. The van der Waals surface area contributed by atoms with Crippen LogP contribution < -0.4 is 10.9 Å². The van der Waals surface area contributed by atoms with Crippen LogP contribution in [0.2, 0.25) is 0 Å². The molecule has 0 bridgehead atoms. The van der Waals surface area contributed by atoms with Crippen LogP contribution in [0.25, 0.3) is 10.2 Å². The lowest BCUT2D eigenvalue weighted by Crippen LogP contribution is -2.30. The van der Waals surface area contributed by atoms with Crippen molar-refractivity contribution < 1.29 is 4.79 Å². The van der Waals surface area contributed by atoms with E-state index in [0.717, 1.165) is 27.5 Å². The van der Waals surface area contributed by atoms with Gasteiger partial charge in [-0.3, -0.25) is 15.6 Å². The Morgan fingerprint density at radius 3 is 2.85 bits per heavy atom. The highest BCUT2D eigenvalue weighted by molar-refractivity contribution is 9.10. The summed E-state index contributed by atoms with van der Waals surface area (Å²) in [6.45, 7) is 0. The fraction of sp³-hybridized carbons (Fsp3) is 0.278. The van der Waals surface area contributed by atoms with E-state index in [-0.39, 0.29) is 5.91 Å². The first-order valence-electron chi connectivity index (χ1n) is 8.34. The van der Waals surface area contributed by atoms with Gasteiger partial charge in [0.1, 0.15) is 4.83 Å². The Kier molecular flexibility index (Phi) is 5.15. The minimum absolute atomic E-state index is 0.209. The third kappa shape index (κ3) is 3.33. The third-order valence-corrected chi connectivity index (χ3v) is 6.81. The summed E-state index contributed by atoms with van der Waals surface area (Å²) in [6, 6.07) is 7.34. The Morgan fingerprint density at radius 2 is 2.04 bits per heavy atom. The molecule has 0 spiro atoms. The van der Waals surface area contributed by atoms with Gasteiger partial charge in [-0.15, -0.1) is 11.3 Å². The Hall–Kier alpha value is -1.64. The molecule has 5 nitrogen and oxygen atoms in total. The Bertz CT molecular complexity index is 989. The van der Waals surface area contributed by atoms with Crippen molar-refractivity contribution in [2.75, 3.05) is 11.7 Å². The van der Waals surface area contributed by atoms with Crippen LogP contribution in [0.15, 0.2) is 33.9 Å². The molecule has 4 rings (SSSR count). The normalized spacial score (nSPS) is 13.5. The van der Waals surface area contributed by atoms with Gasteiger partial charge in [-0.25, -0.2) is 9.97 Å². The molecule has 0 radical (unpaired) electrons. The van der Waals surface area contributed by atoms with Gasteiger partial charge in [-0.05, 0) is 65.6 Å². The highest BCUT2D eigenvalue weighted by Gasteiger charge is 2.21. The minimum atomic E-state index is -0.209. The summed E-state index contributed by atoms with van der Waals surface area (Å²) in [5.41, 5.74) is 7.73. The molecular weight excluding hydrogens is 432 g/mol. The summed E-state index contributed by atoms with van der Waals surface area (Å²) in [6.07, 6.45) is 6.52. The second-order valence-corrected chi connectivity index (χ2v) is 8.72. The molecule has 26 heavy (non-hydrogen) atoms. The van der Waals surface area contributed by atoms with Gasteiger partial charge in [0.25, 0.3) is 5.91 Å². The van der Waals surface area contributed by atoms with E-state index in [2.05, 4.69) is 36.7 Å². The zero-order valence-corrected chi connectivity index (χ0v) is 17.4. The van der Waals surface area contributed by atoms with Crippen molar-refractivity contribution in [3.63, 3.8) is 0 Å². The van der Waals surface area contributed by atoms with Crippen LogP contribution in [-0.2, 0) is 12.8 Å². The predicted octanol–water partition coefficient (Wildman–Crippen LogP) is 4.81. The van der Waals surface area contributed by atoms with Crippen molar-refractivity contribution in [3.8, 4) is 0 Å². The van der Waals surface area contributed by atoms with Gasteiger partial charge in [0.05, 0.1) is 10.9 Å². The smallest absolute Gasteiger partial charge is 0.270 e. The molecule has 1 aliphatic rings. The van der Waals surface area contributed by atoms with E-state index in [1.807, 2.05) is 24.5 Å². The number of aryl methyl sites for hydroxylation is 2. The van der Waals surface area contributed by atoms with E-state index in [1.165, 1.54) is 35.0 Å². The van der Waals surface area contributed by atoms with Crippen molar-refractivity contribution in [1.82, 2.24) is 15.4 Å². The first-order chi connectivity index (χ1) is 12.7. The summed E-state index contributed by atoms with van der Waals surface area (Å²) in [4.78, 5) is 24.2. The standard InChI is InChI=1S/C18H17BrN4OS2/c1-25-18-20-15(22-23-16(24)10-6-2-4-8-12(10)19)14-11-7-3-5-9-13(11)26-17(14)21-18/h2,4,6,8H,3,5,7,9H2,1H3,(H,23,24)(H,20,21,22). The quantitative estimate of drug-likeness (QED) is 0.340. The molecule has 2 aromatic heterocycles. The van der Waals surface area contributed by atoms with Gasteiger partial charge >= 0.3 is 0 Å². The number of fused-ring (bicyclic) bond motifs is 3. The minimum Gasteiger partial charge on any atom is -0.281 e. The Labute approximate surface area is 168 Å². The fourth-order valence-electron chi connectivity index (χ4n) is 3.15. The zero-order valence-electron chi connectivity index (χ0n) is 14.1. The van der Waals surface area contributed by atoms with Gasteiger partial charge < -0.3 is 0 Å². The zero-order chi connectivity index (χ0) is 18.1. The summed E-state index contributed by atoms with van der Waals surface area (Å²) in [5, 5.41) is 1.75. The maximum Gasteiger partial charge on any atom is 0.270 e. The second-order valence-electron chi connectivity index (χ2n) is 6.01. The second kappa shape index (κ2) is 7.54. The molecule has 3 aromatic rings. The molecule has 0 atom stereocenters. The number of halogens is 1.